The van der Waals surface area contributed by atoms with Gasteiger partial charge in [0.15, 0.2) is 6.29 Å². The van der Waals surface area contributed by atoms with Crippen molar-refractivity contribution in [3.8, 4) is 0 Å². The molecule has 63 heavy (non-hydrogen) atoms. The number of allylic oxidation sites excluding steroid dienone is 3. The van der Waals surface area contributed by atoms with E-state index in [1.165, 1.54) is 199 Å². The lowest BCUT2D eigenvalue weighted by molar-refractivity contribution is -0.302. The standard InChI is InChI=1S/C54H103NO8/c1-3-5-7-9-11-13-14-15-16-17-18-19-20-21-22-23-24-25-26-27-28-29-30-31-32-33-34-36-37-39-41-43-48(57)47(46-62-54-53(61)52(60)51(59)49(45-56)63-54)55-50(58)44-42-40-38-35-12-10-8-6-4-2/h34,36,41,43,47-49,51-54,56-57,59-61H,3-33,35,37-40,42,44-46H2,1-2H3,(H,55,58)/b36-34+,43-41+. The van der Waals surface area contributed by atoms with Gasteiger partial charge in [-0.15, -0.1) is 0 Å². The monoisotopic (exact) mass is 894 g/mol. The first-order chi connectivity index (χ1) is 30.8. The summed E-state index contributed by atoms with van der Waals surface area (Å²) in [5, 5.41) is 54.2. The summed E-state index contributed by atoms with van der Waals surface area (Å²) >= 11 is 0. The second kappa shape index (κ2) is 44.5. The number of amides is 1. The molecule has 0 aromatic rings. The molecule has 1 amide bonds. The Morgan fingerprint density at radius 3 is 1.33 bits per heavy atom. The van der Waals surface area contributed by atoms with Crippen LogP contribution in [-0.4, -0.2) is 87.5 Å². The molecule has 1 saturated heterocycles. The van der Waals surface area contributed by atoms with Gasteiger partial charge in [-0.1, -0.05) is 244 Å². The number of hydrogen-bond acceptors (Lipinski definition) is 8. The molecule has 0 saturated carbocycles. The van der Waals surface area contributed by atoms with Crippen molar-refractivity contribution < 1.29 is 39.8 Å². The van der Waals surface area contributed by atoms with E-state index in [1.807, 2.05) is 6.08 Å². The van der Waals surface area contributed by atoms with Crippen LogP contribution in [0.2, 0.25) is 0 Å². The maximum absolute atomic E-state index is 12.9. The molecule has 0 aromatic heterocycles. The highest BCUT2D eigenvalue weighted by Gasteiger charge is 2.44. The Labute approximate surface area is 388 Å². The first kappa shape index (κ1) is 59.7. The molecule has 1 heterocycles. The molecule has 372 valence electrons. The first-order valence-electron chi connectivity index (χ1n) is 27.1. The van der Waals surface area contributed by atoms with Gasteiger partial charge >= 0.3 is 0 Å². The molecule has 1 aliphatic heterocycles. The maximum atomic E-state index is 12.9. The lowest BCUT2D eigenvalue weighted by atomic mass is 9.99. The molecule has 0 aliphatic carbocycles. The second-order valence-corrected chi connectivity index (χ2v) is 19.0. The van der Waals surface area contributed by atoms with Crippen molar-refractivity contribution in [1.29, 1.82) is 0 Å². The third kappa shape index (κ3) is 34.6. The van der Waals surface area contributed by atoms with Gasteiger partial charge in [-0.05, 0) is 32.1 Å². The van der Waals surface area contributed by atoms with Crippen LogP contribution in [-0.2, 0) is 14.3 Å². The van der Waals surface area contributed by atoms with E-state index in [0.29, 0.717) is 6.42 Å². The molecular weight excluding hydrogens is 791 g/mol. The van der Waals surface area contributed by atoms with Crippen molar-refractivity contribution in [2.24, 2.45) is 0 Å². The zero-order valence-corrected chi connectivity index (χ0v) is 41.1. The van der Waals surface area contributed by atoms with Crippen LogP contribution in [0.25, 0.3) is 0 Å². The smallest absolute Gasteiger partial charge is 0.220 e. The molecule has 0 radical (unpaired) electrons. The maximum Gasteiger partial charge on any atom is 0.220 e. The topological polar surface area (TPSA) is 149 Å². The van der Waals surface area contributed by atoms with Crippen LogP contribution in [0, 0.1) is 0 Å². The summed E-state index contributed by atoms with van der Waals surface area (Å²) in [6.07, 6.45) is 48.5. The molecule has 7 unspecified atom stereocenters. The average Bonchev–Trinajstić information content (AvgIpc) is 3.28. The Hall–Kier alpha value is -1.33. The molecule has 0 spiro atoms. The van der Waals surface area contributed by atoms with E-state index in [4.69, 9.17) is 9.47 Å². The molecule has 7 atom stereocenters. The van der Waals surface area contributed by atoms with Crippen LogP contribution in [0.15, 0.2) is 24.3 Å². The molecule has 9 nitrogen and oxygen atoms in total. The molecule has 6 N–H and O–H groups in total. The van der Waals surface area contributed by atoms with Crippen molar-refractivity contribution >= 4 is 5.91 Å². The number of aliphatic hydroxyl groups excluding tert-OH is 5. The molecule has 0 aromatic carbocycles. The van der Waals surface area contributed by atoms with Crippen molar-refractivity contribution in [2.75, 3.05) is 13.2 Å². The number of aliphatic hydroxyl groups is 5. The van der Waals surface area contributed by atoms with Crippen molar-refractivity contribution in [3.63, 3.8) is 0 Å². The summed E-state index contributed by atoms with van der Waals surface area (Å²) in [6.45, 7) is 3.75. The van der Waals surface area contributed by atoms with Crippen LogP contribution in [0.4, 0.5) is 0 Å². The minimum Gasteiger partial charge on any atom is -0.394 e. The zero-order valence-electron chi connectivity index (χ0n) is 41.1. The van der Waals surface area contributed by atoms with E-state index in [-0.39, 0.29) is 12.5 Å². The van der Waals surface area contributed by atoms with E-state index in [2.05, 4.69) is 31.3 Å². The molecular formula is C54H103NO8. The van der Waals surface area contributed by atoms with Crippen molar-refractivity contribution in [2.45, 2.75) is 301 Å². The summed E-state index contributed by atoms with van der Waals surface area (Å²) in [5.74, 6) is -0.188. The minimum atomic E-state index is -1.57. The Morgan fingerprint density at radius 2 is 0.905 bits per heavy atom. The molecule has 0 bridgehead atoms. The van der Waals surface area contributed by atoms with E-state index in [1.54, 1.807) is 6.08 Å². The third-order valence-corrected chi connectivity index (χ3v) is 13.0. The lowest BCUT2D eigenvalue weighted by Gasteiger charge is -2.40. The fourth-order valence-electron chi connectivity index (χ4n) is 8.70. The number of rotatable bonds is 46. The molecule has 9 heteroatoms. The van der Waals surface area contributed by atoms with Crippen LogP contribution in [0.5, 0.6) is 0 Å². The largest absolute Gasteiger partial charge is 0.394 e. The Balaban J connectivity index is 2.14. The van der Waals surface area contributed by atoms with Crippen LogP contribution < -0.4 is 5.32 Å². The number of unbranched alkanes of at least 4 members (excludes halogenated alkanes) is 34. The summed E-state index contributed by atoms with van der Waals surface area (Å²) in [4.78, 5) is 12.9. The predicted molar refractivity (Wildman–Crippen MR) is 263 cm³/mol. The summed E-state index contributed by atoms with van der Waals surface area (Å²) in [6, 6.07) is -0.816. The quantitative estimate of drug-likeness (QED) is 0.0261. The van der Waals surface area contributed by atoms with Gasteiger partial charge in [-0.25, -0.2) is 0 Å². The van der Waals surface area contributed by atoms with E-state index < -0.39 is 49.5 Å². The van der Waals surface area contributed by atoms with Crippen molar-refractivity contribution in [3.05, 3.63) is 24.3 Å². The van der Waals surface area contributed by atoms with Gasteiger partial charge in [-0.3, -0.25) is 4.79 Å². The van der Waals surface area contributed by atoms with Crippen LogP contribution in [0.3, 0.4) is 0 Å². The summed E-state index contributed by atoms with van der Waals surface area (Å²) < 4.78 is 11.2. The van der Waals surface area contributed by atoms with Crippen molar-refractivity contribution in [1.82, 2.24) is 5.32 Å². The van der Waals surface area contributed by atoms with E-state index in [9.17, 15) is 30.3 Å². The molecule has 1 aliphatic rings. The number of carbonyl (C=O) groups excluding carboxylic acids is 1. The fraction of sp³-hybridized carbons (Fsp3) is 0.907. The minimum absolute atomic E-state index is 0.188. The zero-order chi connectivity index (χ0) is 45.9. The lowest BCUT2D eigenvalue weighted by Crippen LogP contribution is -2.60. The van der Waals surface area contributed by atoms with Gasteiger partial charge in [-0.2, -0.15) is 0 Å². The van der Waals surface area contributed by atoms with Gasteiger partial charge in [0.25, 0.3) is 0 Å². The Bertz CT molecular complexity index is 1040. The highest BCUT2D eigenvalue weighted by Crippen LogP contribution is 2.23. The van der Waals surface area contributed by atoms with Crippen LogP contribution in [0.1, 0.15) is 258 Å². The highest BCUT2D eigenvalue weighted by atomic mass is 16.7. The normalized spacial score (nSPS) is 20.3. The molecule has 1 fully saturated rings. The SMILES string of the molecule is CCCCCCCCCCCCCCCCCCCCCCCCCCC/C=C/CC/C=C/C(O)C(COC1OC(CO)C(O)C(O)C1O)NC(=O)CCCCCCCCCCC. The predicted octanol–water partition coefficient (Wildman–Crippen LogP) is 12.6. The van der Waals surface area contributed by atoms with E-state index in [0.717, 1.165) is 38.5 Å². The number of carbonyl (C=O) groups is 1. The van der Waals surface area contributed by atoms with Gasteiger partial charge in [0.2, 0.25) is 5.91 Å². The summed E-state index contributed by atoms with van der Waals surface area (Å²) in [5.41, 5.74) is 0. The van der Waals surface area contributed by atoms with Crippen LogP contribution >= 0.6 is 0 Å². The third-order valence-electron chi connectivity index (χ3n) is 13.0. The van der Waals surface area contributed by atoms with Gasteiger partial charge in [0, 0.05) is 6.42 Å². The highest BCUT2D eigenvalue weighted by molar-refractivity contribution is 5.76. The van der Waals surface area contributed by atoms with Gasteiger partial charge < -0.3 is 40.3 Å². The first-order valence-corrected chi connectivity index (χ1v) is 27.1. The Morgan fingerprint density at radius 1 is 0.524 bits per heavy atom. The number of nitrogens with one attached hydrogen (secondary N) is 1. The second-order valence-electron chi connectivity index (χ2n) is 19.0. The average molecular weight is 894 g/mol. The number of ether oxygens (including phenoxy) is 2. The molecule has 1 rings (SSSR count). The summed E-state index contributed by atoms with van der Waals surface area (Å²) in [7, 11) is 0. The van der Waals surface area contributed by atoms with Gasteiger partial charge in [0.05, 0.1) is 25.4 Å². The fourth-order valence-corrected chi connectivity index (χ4v) is 8.70. The number of hydrogen-bond donors (Lipinski definition) is 6. The van der Waals surface area contributed by atoms with E-state index >= 15 is 0 Å². The Kier molecular flexibility index (Phi) is 42.2. The van der Waals surface area contributed by atoms with Gasteiger partial charge in [0.1, 0.15) is 24.4 Å².